The number of benzene rings is 3. The molecular weight excluding hydrogens is 407 g/mol. The lowest BCUT2D eigenvalue weighted by Crippen LogP contribution is -2.27. The highest BCUT2D eigenvalue weighted by atomic mass is 32.2. The largest absolute Gasteiger partial charge is 0.495 e. The molecule has 0 heterocycles. The summed E-state index contributed by atoms with van der Waals surface area (Å²) in [6, 6.07) is 18.6. The molecule has 0 saturated carbocycles. The SMILES string of the molecule is COc1ccc(C(=O)Nc2ccc(F)cc2)cc1S(=O)(=O)N(C)Cc1ccccc1. The fourth-order valence-electron chi connectivity index (χ4n) is 2.85. The van der Waals surface area contributed by atoms with E-state index in [9.17, 15) is 17.6 Å². The van der Waals surface area contributed by atoms with Crippen LogP contribution < -0.4 is 10.1 Å². The summed E-state index contributed by atoms with van der Waals surface area (Å²) in [4.78, 5) is 12.5. The number of hydrogen-bond acceptors (Lipinski definition) is 4. The summed E-state index contributed by atoms with van der Waals surface area (Å²) < 4.78 is 45.8. The molecule has 0 atom stereocenters. The maximum atomic E-state index is 13.2. The van der Waals surface area contributed by atoms with E-state index in [1.807, 2.05) is 30.3 Å². The van der Waals surface area contributed by atoms with Gasteiger partial charge in [-0.2, -0.15) is 4.31 Å². The van der Waals surface area contributed by atoms with Crippen molar-refractivity contribution in [1.29, 1.82) is 0 Å². The van der Waals surface area contributed by atoms with Crippen LogP contribution in [0.2, 0.25) is 0 Å². The smallest absolute Gasteiger partial charge is 0.255 e. The first-order valence-electron chi connectivity index (χ1n) is 9.06. The molecule has 3 aromatic carbocycles. The summed E-state index contributed by atoms with van der Waals surface area (Å²) >= 11 is 0. The molecule has 1 N–H and O–H groups in total. The molecule has 0 aliphatic rings. The Morgan fingerprint density at radius 2 is 1.70 bits per heavy atom. The van der Waals surface area contributed by atoms with Gasteiger partial charge >= 0.3 is 0 Å². The molecule has 0 bridgehead atoms. The van der Waals surface area contributed by atoms with Crippen LogP contribution in [-0.2, 0) is 16.6 Å². The van der Waals surface area contributed by atoms with Gasteiger partial charge in [0, 0.05) is 24.8 Å². The van der Waals surface area contributed by atoms with Crippen LogP contribution in [0, 0.1) is 5.82 Å². The first kappa shape index (κ1) is 21.5. The summed E-state index contributed by atoms with van der Waals surface area (Å²) in [7, 11) is -1.11. The Bertz CT molecular complexity index is 1130. The maximum absolute atomic E-state index is 13.2. The number of halogens is 1. The number of sulfonamides is 1. The van der Waals surface area contributed by atoms with E-state index in [4.69, 9.17) is 4.74 Å². The first-order valence-corrected chi connectivity index (χ1v) is 10.5. The van der Waals surface area contributed by atoms with E-state index in [0.717, 1.165) is 5.56 Å². The standard InChI is InChI=1S/C22H21FN2O4S/c1-25(15-16-6-4-3-5-7-16)30(27,28)21-14-17(8-13-20(21)29-2)22(26)24-19-11-9-18(23)10-12-19/h3-14H,15H2,1-2H3,(H,24,26). The number of nitrogens with zero attached hydrogens (tertiary/aromatic N) is 1. The molecule has 0 spiro atoms. The molecule has 0 fully saturated rings. The average molecular weight is 428 g/mol. The van der Waals surface area contributed by atoms with E-state index in [-0.39, 0.29) is 22.8 Å². The van der Waals surface area contributed by atoms with E-state index in [1.165, 1.54) is 60.9 Å². The van der Waals surface area contributed by atoms with Crippen molar-refractivity contribution in [2.45, 2.75) is 11.4 Å². The quantitative estimate of drug-likeness (QED) is 0.619. The van der Waals surface area contributed by atoms with E-state index >= 15 is 0 Å². The molecule has 0 saturated heterocycles. The Morgan fingerprint density at radius 3 is 2.33 bits per heavy atom. The van der Waals surface area contributed by atoms with Gasteiger partial charge in [-0.3, -0.25) is 4.79 Å². The van der Waals surface area contributed by atoms with Crippen LogP contribution in [0.15, 0.2) is 77.7 Å². The van der Waals surface area contributed by atoms with Crippen LogP contribution in [0.5, 0.6) is 5.75 Å². The molecule has 6 nitrogen and oxygen atoms in total. The lowest BCUT2D eigenvalue weighted by atomic mass is 10.2. The van der Waals surface area contributed by atoms with Gasteiger partial charge in [0.05, 0.1) is 7.11 Å². The van der Waals surface area contributed by atoms with Crippen molar-refractivity contribution in [3.05, 3.63) is 89.7 Å². The van der Waals surface area contributed by atoms with E-state index < -0.39 is 21.7 Å². The van der Waals surface area contributed by atoms with Crippen molar-refractivity contribution < 1.29 is 22.3 Å². The third-order valence-corrected chi connectivity index (χ3v) is 6.29. The fourth-order valence-corrected chi connectivity index (χ4v) is 4.19. The normalized spacial score (nSPS) is 11.3. The number of ether oxygens (including phenoxy) is 1. The summed E-state index contributed by atoms with van der Waals surface area (Å²) in [5.74, 6) is -0.813. The van der Waals surface area contributed by atoms with Gasteiger partial charge in [0.25, 0.3) is 5.91 Å². The molecule has 0 unspecified atom stereocenters. The molecule has 0 radical (unpaired) electrons. The van der Waals surface area contributed by atoms with Gasteiger partial charge in [0.1, 0.15) is 16.5 Å². The van der Waals surface area contributed by atoms with Gasteiger partial charge in [-0.1, -0.05) is 30.3 Å². The third kappa shape index (κ3) is 4.84. The van der Waals surface area contributed by atoms with Crippen molar-refractivity contribution in [3.8, 4) is 5.75 Å². The molecule has 0 aliphatic heterocycles. The van der Waals surface area contributed by atoms with Crippen LogP contribution in [0.4, 0.5) is 10.1 Å². The first-order chi connectivity index (χ1) is 14.3. The number of carbonyl (C=O) groups excluding carboxylic acids is 1. The Balaban J connectivity index is 1.89. The second kappa shape index (κ2) is 9.06. The number of hydrogen-bond donors (Lipinski definition) is 1. The van der Waals surface area contributed by atoms with Crippen molar-refractivity contribution in [2.24, 2.45) is 0 Å². The number of methoxy groups -OCH3 is 1. The minimum Gasteiger partial charge on any atom is -0.495 e. The molecule has 3 aromatic rings. The fraction of sp³-hybridized carbons (Fsp3) is 0.136. The molecule has 156 valence electrons. The monoisotopic (exact) mass is 428 g/mol. The van der Waals surface area contributed by atoms with Crippen LogP contribution in [0.25, 0.3) is 0 Å². The van der Waals surface area contributed by atoms with Gasteiger partial charge in [-0.15, -0.1) is 0 Å². The molecule has 0 aromatic heterocycles. The molecule has 3 rings (SSSR count). The van der Waals surface area contributed by atoms with Crippen LogP contribution >= 0.6 is 0 Å². The predicted molar refractivity (Wildman–Crippen MR) is 112 cm³/mol. The highest BCUT2D eigenvalue weighted by molar-refractivity contribution is 7.89. The summed E-state index contributed by atoms with van der Waals surface area (Å²) in [6.45, 7) is 0.165. The minimum absolute atomic E-state index is 0.116. The topological polar surface area (TPSA) is 75.7 Å². The number of rotatable bonds is 7. The van der Waals surface area contributed by atoms with Crippen molar-refractivity contribution >= 4 is 21.6 Å². The highest BCUT2D eigenvalue weighted by Gasteiger charge is 2.26. The summed E-state index contributed by atoms with van der Waals surface area (Å²) in [6.07, 6.45) is 0. The van der Waals surface area contributed by atoms with Crippen molar-refractivity contribution in [3.63, 3.8) is 0 Å². The zero-order valence-electron chi connectivity index (χ0n) is 16.5. The Morgan fingerprint density at radius 1 is 1.03 bits per heavy atom. The Hall–Kier alpha value is -3.23. The van der Waals surface area contributed by atoms with E-state index in [0.29, 0.717) is 5.69 Å². The number of carbonyl (C=O) groups is 1. The zero-order valence-corrected chi connectivity index (χ0v) is 17.3. The molecule has 0 aliphatic carbocycles. The maximum Gasteiger partial charge on any atom is 0.255 e. The Kier molecular flexibility index (Phi) is 6.49. The number of anilines is 1. The molecule has 30 heavy (non-hydrogen) atoms. The lowest BCUT2D eigenvalue weighted by Gasteiger charge is -2.19. The van der Waals surface area contributed by atoms with Crippen LogP contribution in [0.3, 0.4) is 0 Å². The zero-order chi connectivity index (χ0) is 21.7. The van der Waals surface area contributed by atoms with Gasteiger partial charge < -0.3 is 10.1 Å². The van der Waals surface area contributed by atoms with Gasteiger partial charge in [-0.25, -0.2) is 12.8 Å². The van der Waals surface area contributed by atoms with Gasteiger partial charge in [0.2, 0.25) is 10.0 Å². The number of nitrogens with one attached hydrogen (secondary N) is 1. The van der Waals surface area contributed by atoms with E-state index in [1.54, 1.807) is 0 Å². The van der Waals surface area contributed by atoms with E-state index in [2.05, 4.69) is 5.32 Å². The predicted octanol–water partition coefficient (Wildman–Crippen LogP) is 3.91. The van der Waals surface area contributed by atoms with Crippen molar-refractivity contribution in [2.75, 3.05) is 19.5 Å². The highest BCUT2D eigenvalue weighted by Crippen LogP contribution is 2.28. The second-order valence-corrected chi connectivity index (χ2v) is 8.59. The van der Waals surface area contributed by atoms with Crippen LogP contribution in [-0.4, -0.2) is 32.8 Å². The summed E-state index contributed by atoms with van der Waals surface area (Å²) in [5.41, 5.74) is 1.35. The lowest BCUT2D eigenvalue weighted by molar-refractivity contribution is 0.102. The molecular formula is C22H21FN2O4S. The van der Waals surface area contributed by atoms with Gasteiger partial charge in [-0.05, 0) is 48.0 Å². The molecule has 1 amide bonds. The number of amides is 1. The van der Waals surface area contributed by atoms with Crippen molar-refractivity contribution in [1.82, 2.24) is 4.31 Å². The van der Waals surface area contributed by atoms with Gasteiger partial charge in [0.15, 0.2) is 0 Å². The minimum atomic E-state index is -3.94. The summed E-state index contributed by atoms with van der Waals surface area (Å²) in [5, 5.41) is 2.62. The second-order valence-electron chi connectivity index (χ2n) is 6.57. The van der Waals surface area contributed by atoms with Crippen LogP contribution in [0.1, 0.15) is 15.9 Å². The molecule has 8 heteroatoms. The Labute approximate surface area is 175 Å². The average Bonchev–Trinajstić information content (AvgIpc) is 2.75. The third-order valence-electron chi connectivity index (χ3n) is 4.46.